The summed E-state index contributed by atoms with van der Waals surface area (Å²) in [7, 11) is -4.61. The smallest absolute Gasteiger partial charge is 0.310 e. The molecule has 0 aliphatic heterocycles. The number of nitrogens with zero attached hydrogens (tertiary/aromatic N) is 1. The lowest BCUT2D eigenvalue weighted by atomic mass is 10.1. The van der Waals surface area contributed by atoms with Crippen molar-refractivity contribution in [2.75, 3.05) is 5.32 Å². The number of benzene rings is 1. The van der Waals surface area contributed by atoms with Crippen LogP contribution in [0, 0.1) is 0 Å². The van der Waals surface area contributed by atoms with Crippen molar-refractivity contribution in [2.24, 2.45) is 0 Å². The van der Waals surface area contributed by atoms with Crippen molar-refractivity contribution in [3.63, 3.8) is 0 Å². The molecule has 1 aromatic heterocycles. The topological polar surface area (TPSA) is 76.1 Å². The molecule has 0 radical (unpaired) electrons. The number of hydrogen-bond donors (Lipinski definition) is 1. The molecule has 0 saturated heterocycles. The molecule has 2 rings (SSSR count). The number of anilines is 1. The summed E-state index contributed by atoms with van der Waals surface area (Å²) in [6.07, 6.45) is 1.51. The molecule has 5 nitrogen and oxygen atoms in total. The first kappa shape index (κ1) is 16.0. The second-order valence-corrected chi connectivity index (χ2v) is 6.31. The van der Waals surface area contributed by atoms with Crippen LogP contribution in [0.5, 0.6) is 0 Å². The number of rotatable bonds is 5. The molecule has 0 fully saturated rings. The highest BCUT2D eigenvalue weighted by atomic mass is 32.2. The number of carbonyl (C=O) groups excluding carboxylic acids is 1. The molecule has 1 heterocycles. The van der Waals surface area contributed by atoms with E-state index >= 15 is 0 Å². The maximum Gasteiger partial charge on any atom is 0.341 e. The first-order valence-corrected chi connectivity index (χ1v) is 7.76. The largest absolute Gasteiger partial charge is 0.341 e. The van der Waals surface area contributed by atoms with Crippen LogP contribution in [0.2, 0.25) is 0 Å². The van der Waals surface area contributed by atoms with Crippen molar-refractivity contribution >= 4 is 21.6 Å². The molecule has 1 amide bonds. The Morgan fingerprint density at radius 1 is 1.14 bits per heavy atom. The zero-order chi connectivity index (χ0) is 16.2. The van der Waals surface area contributed by atoms with Gasteiger partial charge in [-0.05, 0) is 29.8 Å². The molecule has 0 unspecified atom stereocenters. The Bertz CT molecular complexity index is 747. The lowest BCUT2D eigenvalue weighted by Crippen LogP contribution is -2.15. The molecule has 0 saturated carbocycles. The standard InChI is InChI=1S/C14H12F2N2O3S/c15-14(16)22(20,21)11-6-4-10(5-7-11)9-13(19)18-12-3-1-2-8-17-12/h1-8,14H,9H2,(H,17,18,19). The van der Waals surface area contributed by atoms with Crippen LogP contribution >= 0.6 is 0 Å². The van der Waals surface area contributed by atoms with E-state index < -0.39 is 20.5 Å². The van der Waals surface area contributed by atoms with Crippen LogP contribution in [0.1, 0.15) is 5.56 Å². The Morgan fingerprint density at radius 3 is 2.36 bits per heavy atom. The van der Waals surface area contributed by atoms with E-state index in [1.165, 1.54) is 18.3 Å². The van der Waals surface area contributed by atoms with E-state index in [9.17, 15) is 22.0 Å². The van der Waals surface area contributed by atoms with Crippen molar-refractivity contribution < 1.29 is 22.0 Å². The number of hydrogen-bond acceptors (Lipinski definition) is 4. The maximum atomic E-state index is 12.4. The Labute approximate surface area is 125 Å². The lowest BCUT2D eigenvalue weighted by molar-refractivity contribution is -0.115. The average Bonchev–Trinajstić information content (AvgIpc) is 2.48. The summed E-state index contributed by atoms with van der Waals surface area (Å²) in [6, 6.07) is 9.82. The highest BCUT2D eigenvalue weighted by molar-refractivity contribution is 7.91. The monoisotopic (exact) mass is 326 g/mol. The van der Waals surface area contributed by atoms with E-state index in [1.54, 1.807) is 18.2 Å². The molecule has 0 aliphatic rings. The van der Waals surface area contributed by atoms with Crippen LogP contribution in [-0.2, 0) is 21.1 Å². The van der Waals surface area contributed by atoms with Gasteiger partial charge in [-0.2, -0.15) is 8.78 Å². The van der Waals surface area contributed by atoms with Gasteiger partial charge in [0.1, 0.15) is 5.82 Å². The van der Waals surface area contributed by atoms with E-state index in [-0.39, 0.29) is 12.3 Å². The van der Waals surface area contributed by atoms with Crippen LogP contribution in [-0.4, -0.2) is 25.1 Å². The second kappa shape index (κ2) is 6.61. The number of aromatic nitrogens is 1. The van der Waals surface area contributed by atoms with Crippen LogP contribution < -0.4 is 5.32 Å². The summed E-state index contributed by atoms with van der Waals surface area (Å²) >= 11 is 0. The van der Waals surface area contributed by atoms with Gasteiger partial charge < -0.3 is 5.32 Å². The maximum absolute atomic E-state index is 12.4. The first-order valence-electron chi connectivity index (χ1n) is 6.21. The SMILES string of the molecule is O=C(Cc1ccc(S(=O)(=O)C(F)F)cc1)Nc1ccccn1. The Balaban J connectivity index is 2.04. The summed E-state index contributed by atoms with van der Waals surface area (Å²) in [5.41, 5.74) is 0.502. The van der Waals surface area contributed by atoms with Gasteiger partial charge in [-0.15, -0.1) is 0 Å². The van der Waals surface area contributed by atoms with Crippen molar-refractivity contribution in [3.05, 3.63) is 54.2 Å². The van der Waals surface area contributed by atoms with E-state index in [4.69, 9.17) is 0 Å². The van der Waals surface area contributed by atoms with Crippen molar-refractivity contribution in [1.29, 1.82) is 0 Å². The third kappa shape index (κ3) is 3.85. The first-order chi connectivity index (χ1) is 10.4. The highest BCUT2D eigenvalue weighted by Gasteiger charge is 2.26. The average molecular weight is 326 g/mol. The molecular formula is C14H12F2N2O3S. The van der Waals surface area contributed by atoms with Crippen molar-refractivity contribution in [1.82, 2.24) is 4.98 Å². The summed E-state index contributed by atoms with van der Waals surface area (Å²) in [6.45, 7) is 0. The molecule has 1 aromatic carbocycles. The summed E-state index contributed by atoms with van der Waals surface area (Å²) in [4.78, 5) is 15.2. The van der Waals surface area contributed by atoms with Gasteiger partial charge in [0.05, 0.1) is 11.3 Å². The van der Waals surface area contributed by atoms with Gasteiger partial charge in [-0.25, -0.2) is 13.4 Å². The van der Waals surface area contributed by atoms with E-state index in [0.717, 1.165) is 12.1 Å². The Morgan fingerprint density at radius 2 is 1.82 bits per heavy atom. The molecule has 22 heavy (non-hydrogen) atoms. The number of carbonyl (C=O) groups is 1. The molecule has 2 aromatic rings. The number of halogens is 2. The quantitative estimate of drug-likeness (QED) is 0.914. The summed E-state index contributed by atoms with van der Waals surface area (Å²) in [5, 5.41) is 2.57. The van der Waals surface area contributed by atoms with Gasteiger partial charge in [-0.3, -0.25) is 4.79 Å². The second-order valence-electron chi connectivity index (χ2n) is 4.39. The zero-order valence-corrected chi connectivity index (χ0v) is 12.1. The molecule has 0 spiro atoms. The molecule has 1 N–H and O–H groups in total. The number of sulfone groups is 1. The molecule has 0 aliphatic carbocycles. The van der Waals surface area contributed by atoms with Crippen molar-refractivity contribution in [3.8, 4) is 0 Å². The van der Waals surface area contributed by atoms with Gasteiger partial charge in [0.2, 0.25) is 15.7 Å². The van der Waals surface area contributed by atoms with Gasteiger partial charge in [0, 0.05) is 6.20 Å². The third-order valence-corrected chi connectivity index (χ3v) is 4.18. The molecule has 0 atom stereocenters. The van der Waals surface area contributed by atoms with Gasteiger partial charge in [-0.1, -0.05) is 18.2 Å². The van der Waals surface area contributed by atoms with Crippen LogP contribution in [0.3, 0.4) is 0 Å². The zero-order valence-electron chi connectivity index (χ0n) is 11.2. The predicted octanol–water partition coefficient (Wildman–Crippen LogP) is 2.26. The highest BCUT2D eigenvalue weighted by Crippen LogP contribution is 2.18. The van der Waals surface area contributed by atoms with Crippen LogP contribution in [0.15, 0.2) is 53.6 Å². The number of pyridine rings is 1. The fourth-order valence-electron chi connectivity index (χ4n) is 1.71. The number of alkyl halides is 2. The molecule has 0 bridgehead atoms. The Kier molecular flexibility index (Phi) is 4.81. The minimum absolute atomic E-state index is 0.0222. The van der Waals surface area contributed by atoms with E-state index in [1.807, 2.05) is 0 Å². The lowest BCUT2D eigenvalue weighted by Gasteiger charge is -2.06. The predicted molar refractivity (Wildman–Crippen MR) is 76.2 cm³/mol. The normalized spacial score (nSPS) is 11.4. The van der Waals surface area contributed by atoms with Gasteiger partial charge >= 0.3 is 5.76 Å². The van der Waals surface area contributed by atoms with Gasteiger partial charge in [0.15, 0.2) is 0 Å². The minimum atomic E-state index is -4.61. The summed E-state index contributed by atoms with van der Waals surface area (Å²) < 4.78 is 47.3. The fourth-order valence-corrected chi connectivity index (χ4v) is 2.43. The van der Waals surface area contributed by atoms with Crippen LogP contribution in [0.4, 0.5) is 14.6 Å². The number of nitrogens with one attached hydrogen (secondary N) is 1. The Hall–Kier alpha value is -2.35. The fraction of sp³-hybridized carbons (Fsp3) is 0.143. The molecule has 116 valence electrons. The van der Waals surface area contributed by atoms with E-state index in [0.29, 0.717) is 11.4 Å². The van der Waals surface area contributed by atoms with Gasteiger partial charge in [0.25, 0.3) is 0 Å². The minimum Gasteiger partial charge on any atom is -0.310 e. The van der Waals surface area contributed by atoms with Crippen molar-refractivity contribution in [2.45, 2.75) is 17.1 Å². The van der Waals surface area contributed by atoms with E-state index in [2.05, 4.69) is 10.3 Å². The summed E-state index contributed by atoms with van der Waals surface area (Å²) in [5.74, 6) is -3.42. The molecular weight excluding hydrogens is 314 g/mol. The number of amides is 1. The van der Waals surface area contributed by atoms with Crippen LogP contribution in [0.25, 0.3) is 0 Å². The third-order valence-electron chi connectivity index (χ3n) is 2.78. The molecule has 8 heteroatoms.